The van der Waals surface area contributed by atoms with E-state index in [1.54, 1.807) is 0 Å². The van der Waals surface area contributed by atoms with Crippen LogP contribution >= 0.6 is 0 Å². The third kappa shape index (κ3) is 2.76. The van der Waals surface area contributed by atoms with E-state index in [4.69, 9.17) is 0 Å². The topological polar surface area (TPSA) is 32.3 Å². The van der Waals surface area contributed by atoms with Crippen molar-refractivity contribution in [2.24, 2.45) is 5.92 Å². The fraction of sp³-hybridized carbons (Fsp3) is 0.923. The number of amides is 1. The lowest BCUT2D eigenvalue weighted by Crippen LogP contribution is -2.44. The molecule has 2 rings (SSSR count). The average molecular weight is 224 g/mol. The maximum Gasteiger partial charge on any atom is 0.223 e. The number of likely N-dealkylation sites (tertiary alicyclic amines) is 1. The van der Waals surface area contributed by atoms with Gasteiger partial charge in [0.2, 0.25) is 5.91 Å². The second-order valence-corrected chi connectivity index (χ2v) is 5.21. The zero-order valence-corrected chi connectivity index (χ0v) is 10.4. The Bertz CT molecular complexity index is 236. The third-order valence-electron chi connectivity index (χ3n) is 4.04. The molecule has 0 saturated carbocycles. The van der Waals surface area contributed by atoms with Crippen molar-refractivity contribution in [1.29, 1.82) is 0 Å². The molecule has 0 aromatic carbocycles. The molecule has 1 amide bonds. The minimum Gasteiger partial charge on any atom is -0.340 e. The van der Waals surface area contributed by atoms with E-state index in [1.165, 1.54) is 25.7 Å². The minimum absolute atomic E-state index is 0.403. The van der Waals surface area contributed by atoms with Crippen molar-refractivity contribution in [3.63, 3.8) is 0 Å². The van der Waals surface area contributed by atoms with Crippen LogP contribution in [0.25, 0.3) is 0 Å². The van der Waals surface area contributed by atoms with Crippen LogP contribution in [0.1, 0.15) is 45.4 Å². The molecule has 0 aliphatic carbocycles. The Labute approximate surface area is 98.6 Å². The maximum absolute atomic E-state index is 12.2. The normalized spacial score (nSPS) is 30.7. The van der Waals surface area contributed by atoms with E-state index >= 15 is 0 Å². The highest BCUT2D eigenvalue weighted by molar-refractivity contribution is 5.77. The molecule has 92 valence electrons. The fourth-order valence-electron chi connectivity index (χ4n) is 3.01. The number of carbonyl (C=O) groups excluding carboxylic acids is 1. The van der Waals surface area contributed by atoms with Gasteiger partial charge in [-0.3, -0.25) is 4.79 Å². The van der Waals surface area contributed by atoms with Crippen LogP contribution in [0.3, 0.4) is 0 Å². The highest BCUT2D eigenvalue weighted by Crippen LogP contribution is 2.22. The van der Waals surface area contributed by atoms with E-state index in [2.05, 4.69) is 17.1 Å². The number of nitrogens with one attached hydrogen (secondary N) is 1. The molecule has 2 fully saturated rings. The lowest BCUT2D eigenvalue weighted by Gasteiger charge is -2.35. The molecule has 2 unspecified atom stereocenters. The summed E-state index contributed by atoms with van der Waals surface area (Å²) >= 11 is 0. The zero-order chi connectivity index (χ0) is 11.4. The van der Waals surface area contributed by atoms with Gasteiger partial charge in [-0.05, 0) is 51.1 Å². The van der Waals surface area contributed by atoms with Gasteiger partial charge in [0.15, 0.2) is 0 Å². The quantitative estimate of drug-likeness (QED) is 0.792. The molecule has 0 bridgehead atoms. The molecule has 16 heavy (non-hydrogen) atoms. The van der Waals surface area contributed by atoms with Crippen molar-refractivity contribution < 1.29 is 4.79 Å². The Morgan fingerprint density at radius 3 is 2.94 bits per heavy atom. The van der Waals surface area contributed by atoms with Crippen molar-refractivity contribution in [2.45, 2.75) is 51.5 Å². The molecule has 0 spiro atoms. The fourth-order valence-corrected chi connectivity index (χ4v) is 3.01. The van der Waals surface area contributed by atoms with Crippen LogP contribution in [0.5, 0.6) is 0 Å². The molecule has 2 atom stereocenters. The van der Waals surface area contributed by atoms with E-state index in [0.29, 0.717) is 17.9 Å². The summed E-state index contributed by atoms with van der Waals surface area (Å²) in [5.41, 5.74) is 0. The van der Waals surface area contributed by atoms with E-state index in [1.807, 2.05) is 0 Å². The number of hydrogen-bond donors (Lipinski definition) is 1. The van der Waals surface area contributed by atoms with E-state index in [0.717, 1.165) is 32.5 Å². The van der Waals surface area contributed by atoms with Crippen molar-refractivity contribution in [1.82, 2.24) is 10.2 Å². The van der Waals surface area contributed by atoms with Crippen LogP contribution in [0, 0.1) is 5.92 Å². The van der Waals surface area contributed by atoms with Crippen molar-refractivity contribution in [2.75, 3.05) is 19.6 Å². The highest BCUT2D eigenvalue weighted by Gasteiger charge is 2.27. The first kappa shape index (κ1) is 11.9. The van der Waals surface area contributed by atoms with Crippen LogP contribution in [0.2, 0.25) is 0 Å². The smallest absolute Gasteiger partial charge is 0.223 e. The average Bonchev–Trinajstić information content (AvgIpc) is 2.81. The molecule has 2 saturated heterocycles. The van der Waals surface area contributed by atoms with Gasteiger partial charge in [-0.25, -0.2) is 0 Å². The number of carbonyl (C=O) groups is 1. The molecular formula is C13H24N2O. The number of rotatable bonds is 3. The van der Waals surface area contributed by atoms with Gasteiger partial charge >= 0.3 is 0 Å². The molecule has 0 aromatic heterocycles. The summed E-state index contributed by atoms with van der Waals surface area (Å²) < 4.78 is 0. The molecule has 1 N–H and O–H groups in total. The lowest BCUT2D eigenvalue weighted by molar-refractivity contribution is -0.135. The third-order valence-corrected chi connectivity index (χ3v) is 4.04. The molecule has 2 aliphatic heterocycles. The first-order valence-electron chi connectivity index (χ1n) is 6.81. The van der Waals surface area contributed by atoms with Gasteiger partial charge in [-0.2, -0.15) is 0 Å². The Balaban J connectivity index is 1.86. The standard InChI is InChI=1S/C13H24N2O/c1-2-12-5-3-4-8-15(12)13(16)9-11-6-7-14-10-11/h11-12,14H,2-10H2,1H3. The molecule has 3 nitrogen and oxygen atoms in total. The lowest BCUT2D eigenvalue weighted by atomic mass is 9.97. The van der Waals surface area contributed by atoms with Gasteiger partial charge in [0.05, 0.1) is 0 Å². The summed E-state index contributed by atoms with van der Waals surface area (Å²) in [6, 6.07) is 0.524. The van der Waals surface area contributed by atoms with Crippen LogP contribution in [0.4, 0.5) is 0 Å². The van der Waals surface area contributed by atoms with Gasteiger partial charge in [-0.1, -0.05) is 6.92 Å². The Morgan fingerprint density at radius 2 is 2.25 bits per heavy atom. The van der Waals surface area contributed by atoms with Crippen LogP contribution in [0.15, 0.2) is 0 Å². The van der Waals surface area contributed by atoms with Crippen molar-refractivity contribution in [3.8, 4) is 0 Å². The summed E-state index contributed by atoms with van der Waals surface area (Å²) in [5, 5.41) is 3.34. The second kappa shape index (κ2) is 5.67. The summed E-state index contributed by atoms with van der Waals surface area (Å²) in [5.74, 6) is 0.993. The van der Waals surface area contributed by atoms with Gasteiger partial charge in [0.25, 0.3) is 0 Å². The molecular weight excluding hydrogens is 200 g/mol. The van der Waals surface area contributed by atoms with Crippen molar-refractivity contribution in [3.05, 3.63) is 0 Å². The summed E-state index contributed by atoms with van der Waals surface area (Å²) in [6.45, 7) is 5.33. The van der Waals surface area contributed by atoms with Gasteiger partial charge < -0.3 is 10.2 Å². The molecule has 2 heterocycles. The Kier molecular flexibility index (Phi) is 4.22. The van der Waals surface area contributed by atoms with Gasteiger partial charge in [0.1, 0.15) is 0 Å². The SMILES string of the molecule is CCC1CCCCN1C(=O)CC1CCNC1. The summed E-state index contributed by atoms with van der Waals surface area (Å²) in [4.78, 5) is 14.4. The number of hydrogen-bond acceptors (Lipinski definition) is 2. The summed E-state index contributed by atoms with van der Waals surface area (Å²) in [6.07, 6.45) is 6.78. The van der Waals surface area contributed by atoms with Crippen LogP contribution < -0.4 is 5.32 Å². The monoisotopic (exact) mass is 224 g/mol. The van der Waals surface area contributed by atoms with Crippen molar-refractivity contribution >= 4 is 5.91 Å². The minimum atomic E-state index is 0.403. The zero-order valence-electron chi connectivity index (χ0n) is 10.4. The van der Waals surface area contributed by atoms with Gasteiger partial charge in [0, 0.05) is 19.0 Å². The number of nitrogens with zero attached hydrogens (tertiary/aromatic N) is 1. The maximum atomic E-state index is 12.2. The van der Waals surface area contributed by atoms with Crippen LogP contribution in [-0.2, 0) is 4.79 Å². The first-order chi connectivity index (χ1) is 7.81. The molecule has 0 radical (unpaired) electrons. The second-order valence-electron chi connectivity index (χ2n) is 5.21. The van der Waals surface area contributed by atoms with E-state index in [9.17, 15) is 4.79 Å². The predicted molar refractivity (Wildman–Crippen MR) is 65.2 cm³/mol. The van der Waals surface area contributed by atoms with E-state index < -0.39 is 0 Å². The van der Waals surface area contributed by atoms with E-state index in [-0.39, 0.29) is 0 Å². The largest absolute Gasteiger partial charge is 0.340 e. The van der Waals surface area contributed by atoms with Crippen LogP contribution in [-0.4, -0.2) is 36.5 Å². The Hall–Kier alpha value is -0.570. The molecule has 2 aliphatic rings. The number of piperidine rings is 1. The molecule has 3 heteroatoms. The predicted octanol–water partition coefficient (Wildman–Crippen LogP) is 1.78. The highest BCUT2D eigenvalue weighted by atomic mass is 16.2. The molecule has 0 aromatic rings. The Morgan fingerprint density at radius 1 is 1.38 bits per heavy atom. The van der Waals surface area contributed by atoms with Gasteiger partial charge in [-0.15, -0.1) is 0 Å². The summed E-state index contributed by atoms with van der Waals surface area (Å²) in [7, 11) is 0. The first-order valence-corrected chi connectivity index (χ1v) is 6.81.